The number of aromatic nitrogens is 5. The molecular weight excluding hydrogens is 300 g/mol. The molecule has 0 bridgehead atoms. The van der Waals surface area contributed by atoms with Crippen LogP contribution in [-0.4, -0.2) is 24.7 Å². The van der Waals surface area contributed by atoms with Gasteiger partial charge in [-0.25, -0.2) is 13.8 Å². The van der Waals surface area contributed by atoms with Crippen LogP contribution in [0.15, 0.2) is 43.0 Å². The summed E-state index contributed by atoms with van der Waals surface area (Å²) in [6.07, 6.45) is 5.70. The molecule has 0 aliphatic heterocycles. The molecule has 0 spiro atoms. The highest BCUT2D eigenvalue weighted by Crippen LogP contribution is 2.35. The molecule has 0 aromatic carbocycles. The van der Waals surface area contributed by atoms with Gasteiger partial charge in [0.1, 0.15) is 23.0 Å². The number of halogens is 2. The predicted octanol–water partition coefficient (Wildman–Crippen LogP) is 3.30. The van der Waals surface area contributed by atoms with Gasteiger partial charge >= 0.3 is 0 Å². The maximum Gasteiger partial charge on any atom is 0.150 e. The van der Waals surface area contributed by atoms with Gasteiger partial charge in [0.2, 0.25) is 0 Å². The second-order valence-corrected chi connectivity index (χ2v) is 5.15. The van der Waals surface area contributed by atoms with E-state index in [4.69, 9.17) is 0 Å². The van der Waals surface area contributed by atoms with E-state index >= 15 is 0 Å². The highest BCUT2D eigenvalue weighted by atomic mass is 19.1. The lowest BCUT2D eigenvalue weighted by Crippen LogP contribution is -1.92. The molecule has 0 aliphatic rings. The average molecular weight is 311 g/mol. The SMILES string of the molecule is Cn1cc(-c2c(F)cnc3[nH]ccc23)c(-c2ccc(F)cn2)n1. The van der Waals surface area contributed by atoms with Gasteiger partial charge in [-0.3, -0.25) is 9.67 Å². The number of fused-ring (bicyclic) bond motifs is 1. The third kappa shape index (κ3) is 2.17. The van der Waals surface area contributed by atoms with E-state index in [-0.39, 0.29) is 0 Å². The minimum atomic E-state index is -0.450. The lowest BCUT2D eigenvalue weighted by molar-refractivity contribution is 0.621. The van der Waals surface area contributed by atoms with Crippen LogP contribution in [0.1, 0.15) is 0 Å². The van der Waals surface area contributed by atoms with Crippen LogP contribution >= 0.6 is 0 Å². The number of aromatic amines is 1. The van der Waals surface area contributed by atoms with Crippen LogP contribution in [-0.2, 0) is 7.05 Å². The Balaban J connectivity index is 2.01. The fraction of sp³-hybridized carbons (Fsp3) is 0.0625. The van der Waals surface area contributed by atoms with Gasteiger partial charge in [0.05, 0.1) is 18.1 Å². The first-order chi connectivity index (χ1) is 11.1. The van der Waals surface area contributed by atoms with Crippen molar-refractivity contribution in [3.05, 3.63) is 54.6 Å². The van der Waals surface area contributed by atoms with Gasteiger partial charge in [0, 0.05) is 36.0 Å². The van der Waals surface area contributed by atoms with E-state index in [1.807, 2.05) is 0 Å². The first kappa shape index (κ1) is 13.6. The summed E-state index contributed by atoms with van der Waals surface area (Å²) in [7, 11) is 1.74. The number of H-pyrrole nitrogens is 1. The molecule has 1 N–H and O–H groups in total. The van der Waals surface area contributed by atoms with Crippen molar-refractivity contribution in [2.24, 2.45) is 7.05 Å². The van der Waals surface area contributed by atoms with Crippen molar-refractivity contribution in [2.45, 2.75) is 0 Å². The summed E-state index contributed by atoms with van der Waals surface area (Å²) in [5, 5.41) is 5.01. The molecule has 0 radical (unpaired) electrons. The molecule has 7 heteroatoms. The van der Waals surface area contributed by atoms with E-state index in [9.17, 15) is 8.78 Å². The minimum absolute atomic E-state index is 0.394. The van der Waals surface area contributed by atoms with Crippen LogP contribution in [0, 0.1) is 11.6 Å². The molecule has 4 rings (SSSR count). The Kier molecular flexibility index (Phi) is 2.94. The lowest BCUT2D eigenvalue weighted by atomic mass is 10.0. The van der Waals surface area contributed by atoms with Gasteiger partial charge in [0.25, 0.3) is 0 Å². The first-order valence-electron chi connectivity index (χ1n) is 6.91. The Hall–Kier alpha value is -3.09. The van der Waals surface area contributed by atoms with Crippen molar-refractivity contribution in [2.75, 3.05) is 0 Å². The van der Waals surface area contributed by atoms with E-state index in [0.717, 1.165) is 6.20 Å². The quantitative estimate of drug-likeness (QED) is 0.618. The van der Waals surface area contributed by atoms with Gasteiger partial charge < -0.3 is 4.98 Å². The maximum absolute atomic E-state index is 14.5. The predicted molar refractivity (Wildman–Crippen MR) is 81.4 cm³/mol. The largest absolute Gasteiger partial charge is 0.346 e. The highest BCUT2D eigenvalue weighted by Gasteiger charge is 2.19. The van der Waals surface area contributed by atoms with E-state index < -0.39 is 11.6 Å². The molecule has 0 fully saturated rings. The second-order valence-electron chi connectivity index (χ2n) is 5.15. The molecule has 0 unspecified atom stereocenters. The molecule has 4 aromatic heterocycles. The number of rotatable bonds is 2. The smallest absolute Gasteiger partial charge is 0.150 e. The van der Waals surface area contributed by atoms with E-state index in [1.165, 1.54) is 18.3 Å². The van der Waals surface area contributed by atoms with Crippen molar-refractivity contribution in [3.63, 3.8) is 0 Å². The zero-order chi connectivity index (χ0) is 16.0. The monoisotopic (exact) mass is 311 g/mol. The molecule has 4 heterocycles. The number of aryl methyl sites for hydroxylation is 1. The Bertz CT molecular complexity index is 1000. The Morgan fingerprint density at radius 3 is 2.74 bits per heavy atom. The summed E-state index contributed by atoms with van der Waals surface area (Å²) in [6.45, 7) is 0. The van der Waals surface area contributed by atoms with E-state index in [2.05, 4.69) is 20.1 Å². The molecular formula is C16H11F2N5. The zero-order valence-corrected chi connectivity index (χ0v) is 12.1. The lowest BCUT2D eigenvalue weighted by Gasteiger charge is -2.05. The van der Waals surface area contributed by atoms with Gasteiger partial charge in [-0.05, 0) is 18.2 Å². The summed E-state index contributed by atoms with van der Waals surface area (Å²) in [5.41, 5.74) is 2.52. The maximum atomic E-state index is 14.5. The molecule has 5 nitrogen and oxygen atoms in total. The normalized spacial score (nSPS) is 11.3. The topological polar surface area (TPSA) is 59.4 Å². The second kappa shape index (κ2) is 4.98. The third-order valence-corrected chi connectivity index (χ3v) is 3.61. The molecule has 23 heavy (non-hydrogen) atoms. The standard InChI is InChI=1S/C16H11F2N5/c1-23-8-11(15(22-23)13-3-2-9(17)6-20-13)14-10-4-5-19-16(10)21-7-12(14)18/h2-8H,1H3,(H,19,21). The van der Waals surface area contributed by atoms with Crippen molar-refractivity contribution in [1.29, 1.82) is 0 Å². The van der Waals surface area contributed by atoms with Crippen LogP contribution in [0.4, 0.5) is 8.78 Å². The third-order valence-electron chi connectivity index (χ3n) is 3.61. The molecule has 4 aromatic rings. The van der Waals surface area contributed by atoms with E-state index in [0.29, 0.717) is 33.5 Å². The number of nitrogens with zero attached hydrogens (tertiary/aromatic N) is 4. The number of nitrogens with one attached hydrogen (secondary N) is 1. The average Bonchev–Trinajstić information content (AvgIpc) is 3.14. The summed E-state index contributed by atoms with van der Waals surface area (Å²) in [5.74, 6) is -0.886. The van der Waals surface area contributed by atoms with Crippen LogP contribution in [0.5, 0.6) is 0 Å². The summed E-state index contributed by atoms with van der Waals surface area (Å²) < 4.78 is 29.1. The van der Waals surface area contributed by atoms with Crippen molar-refractivity contribution < 1.29 is 8.78 Å². The number of hydrogen-bond acceptors (Lipinski definition) is 3. The van der Waals surface area contributed by atoms with E-state index in [1.54, 1.807) is 30.2 Å². The summed E-state index contributed by atoms with van der Waals surface area (Å²) >= 11 is 0. The molecule has 0 saturated carbocycles. The van der Waals surface area contributed by atoms with Crippen LogP contribution < -0.4 is 0 Å². The summed E-state index contributed by atoms with van der Waals surface area (Å²) in [4.78, 5) is 11.0. The summed E-state index contributed by atoms with van der Waals surface area (Å²) in [6, 6.07) is 4.58. The molecule has 114 valence electrons. The first-order valence-corrected chi connectivity index (χ1v) is 6.91. The van der Waals surface area contributed by atoms with Crippen LogP contribution in [0.2, 0.25) is 0 Å². The van der Waals surface area contributed by atoms with Gasteiger partial charge in [-0.2, -0.15) is 5.10 Å². The fourth-order valence-corrected chi connectivity index (χ4v) is 2.63. The minimum Gasteiger partial charge on any atom is -0.346 e. The fourth-order valence-electron chi connectivity index (χ4n) is 2.63. The highest BCUT2D eigenvalue weighted by molar-refractivity contribution is 5.96. The van der Waals surface area contributed by atoms with Crippen molar-refractivity contribution >= 4 is 11.0 Å². The molecule has 0 amide bonds. The van der Waals surface area contributed by atoms with Crippen molar-refractivity contribution in [1.82, 2.24) is 24.7 Å². The van der Waals surface area contributed by atoms with Crippen molar-refractivity contribution in [3.8, 4) is 22.5 Å². The van der Waals surface area contributed by atoms with Gasteiger partial charge in [-0.15, -0.1) is 0 Å². The van der Waals surface area contributed by atoms with Crippen LogP contribution in [0.3, 0.4) is 0 Å². The zero-order valence-electron chi connectivity index (χ0n) is 12.1. The number of pyridine rings is 2. The molecule has 0 atom stereocenters. The Morgan fingerprint density at radius 2 is 1.96 bits per heavy atom. The Morgan fingerprint density at radius 1 is 1.09 bits per heavy atom. The Labute approximate surface area is 129 Å². The molecule has 0 saturated heterocycles. The van der Waals surface area contributed by atoms with Gasteiger partial charge in [0.15, 0.2) is 0 Å². The van der Waals surface area contributed by atoms with Gasteiger partial charge in [-0.1, -0.05) is 0 Å². The van der Waals surface area contributed by atoms with Crippen LogP contribution in [0.25, 0.3) is 33.5 Å². The molecule has 0 aliphatic carbocycles. The number of hydrogen-bond donors (Lipinski definition) is 1.